The van der Waals surface area contributed by atoms with Crippen LogP contribution in [0.3, 0.4) is 0 Å². The summed E-state index contributed by atoms with van der Waals surface area (Å²) in [7, 11) is 0. The largest absolute Gasteiger partial charge is 0.381 e. The van der Waals surface area contributed by atoms with Gasteiger partial charge in [0.1, 0.15) is 12.0 Å². The molecular weight excluding hydrogens is 262 g/mol. The minimum atomic E-state index is -0.461. The molecule has 0 spiro atoms. The molecule has 20 heavy (non-hydrogen) atoms. The maximum absolute atomic E-state index is 10.5. The van der Waals surface area contributed by atoms with Crippen molar-refractivity contribution in [2.75, 3.05) is 38.3 Å². The molecule has 1 aliphatic rings. The molecule has 0 aliphatic carbocycles. The summed E-state index contributed by atoms with van der Waals surface area (Å²) in [5.74, 6) is 1.18. The van der Waals surface area contributed by atoms with Gasteiger partial charge in [-0.2, -0.15) is 0 Å². The summed E-state index contributed by atoms with van der Waals surface area (Å²) in [6.45, 7) is 3.84. The second kappa shape index (κ2) is 7.76. The Morgan fingerprint density at radius 2 is 2.45 bits per heavy atom. The Kier molecular flexibility index (Phi) is 5.69. The summed E-state index contributed by atoms with van der Waals surface area (Å²) >= 11 is 0. The number of anilines is 1. The Bertz CT molecular complexity index is 418. The van der Waals surface area contributed by atoms with Gasteiger partial charge in [0.25, 0.3) is 5.69 Å². The Morgan fingerprint density at radius 1 is 1.55 bits per heavy atom. The van der Waals surface area contributed by atoms with Crippen LogP contribution >= 0.6 is 0 Å². The van der Waals surface area contributed by atoms with Crippen LogP contribution in [0.2, 0.25) is 0 Å². The average Bonchev–Trinajstić information content (AvgIpc) is 2.96. The van der Waals surface area contributed by atoms with Gasteiger partial charge in [-0.05, 0) is 18.9 Å². The summed E-state index contributed by atoms with van der Waals surface area (Å²) < 4.78 is 10.8. The zero-order valence-corrected chi connectivity index (χ0v) is 11.3. The highest BCUT2D eigenvalue weighted by Gasteiger charge is 2.15. The molecule has 2 heterocycles. The highest BCUT2D eigenvalue weighted by molar-refractivity contribution is 5.39. The van der Waals surface area contributed by atoms with Crippen molar-refractivity contribution in [1.82, 2.24) is 4.98 Å². The van der Waals surface area contributed by atoms with Crippen molar-refractivity contribution in [3.05, 3.63) is 28.4 Å². The molecule has 0 unspecified atom stereocenters. The molecule has 1 atom stereocenters. The molecule has 110 valence electrons. The zero-order chi connectivity index (χ0) is 14.2. The molecule has 7 nitrogen and oxygen atoms in total. The molecule has 2 rings (SSSR count). The number of ether oxygens (including phenoxy) is 2. The SMILES string of the molecule is O=[N+]([O-])c1ccc(NCCCOC[C@H]2CCOC2)nc1. The van der Waals surface area contributed by atoms with Crippen LogP contribution in [-0.2, 0) is 9.47 Å². The quantitative estimate of drug-likeness (QED) is 0.444. The normalized spacial score (nSPS) is 18.1. The van der Waals surface area contributed by atoms with Gasteiger partial charge in [0, 0.05) is 31.7 Å². The smallest absolute Gasteiger partial charge is 0.287 e. The van der Waals surface area contributed by atoms with E-state index in [2.05, 4.69) is 10.3 Å². The highest BCUT2D eigenvalue weighted by atomic mass is 16.6. The lowest BCUT2D eigenvalue weighted by Gasteiger charge is -2.09. The van der Waals surface area contributed by atoms with Gasteiger partial charge in [0.05, 0.1) is 18.1 Å². The van der Waals surface area contributed by atoms with Crippen LogP contribution in [0, 0.1) is 16.0 Å². The van der Waals surface area contributed by atoms with Gasteiger partial charge in [-0.15, -0.1) is 0 Å². The summed E-state index contributed by atoms with van der Waals surface area (Å²) in [4.78, 5) is 14.0. The third kappa shape index (κ3) is 4.75. The van der Waals surface area contributed by atoms with E-state index in [-0.39, 0.29) is 5.69 Å². The Balaban J connectivity index is 1.55. The topological polar surface area (TPSA) is 86.5 Å². The monoisotopic (exact) mass is 281 g/mol. The van der Waals surface area contributed by atoms with Crippen LogP contribution in [0.15, 0.2) is 18.3 Å². The van der Waals surface area contributed by atoms with Crippen molar-refractivity contribution in [1.29, 1.82) is 0 Å². The van der Waals surface area contributed by atoms with Gasteiger partial charge < -0.3 is 14.8 Å². The zero-order valence-electron chi connectivity index (χ0n) is 11.3. The summed E-state index contributed by atoms with van der Waals surface area (Å²) in [5, 5.41) is 13.6. The number of aromatic nitrogens is 1. The second-order valence-electron chi connectivity index (χ2n) is 4.74. The highest BCUT2D eigenvalue weighted by Crippen LogP contribution is 2.13. The van der Waals surface area contributed by atoms with Gasteiger partial charge in [0.2, 0.25) is 0 Å². The molecule has 1 saturated heterocycles. The number of nitro groups is 1. The Morgan fingerprint density at radius 3 is 3.10 bits per heavy atom. The number of hydrogen-bond acceptors (Lipinski definition) is 6. The van der Waals surface area contributed by atoms with Crippen LogP contribution in [0.5, 0.6) is 0 Å². The Labute approximate surface area is 117 Å². The molecule has 1 aromatic heterocycles. The number of nitrogens with one attached hydrogen (secondary N) is 1. The van der Waals surface area contributed by atoms with Crippen LogP contribution < -0.4 is 5.32 Å². The van der Waals surface area contributed by atoms with Crippen molar-refractivity contribution in [2.45, 2.75) is 12.8 Å². The third-order valence-electron chi connectivity index (χ3n) is 3.11. The first kappa shape index (κ1) is 14.7. The van der Waals surface area contributed by atoms with E-state index >= 15 is 0 Å². The molecule has 0 bridgehead atoms. The van der Waals surface area contributed by atoms with Crippen LogP contribution in [0.1, 0.15) is 12.8 Å². The number of rotatable bonds is 8. The minimum absolute atomic E-state index is 0.00216. The van der Waals surface area contributed by atoms with Gasteiger partial charge in [-0.1, -0.05) is 0 Å². The average molecular weight is 281 g/mol. The van der Waals surface area contributed by atoms with E-state index in [0.717, 1.165) is 39.2 Å². The second-order valence-corrected chi connectivity index (χ2v) is 4.74. The lowest BCUT2D eigenvalue weighted by Crippen LogP contribution is -2.12. The summed E-state index contributed by atoms with van der Waals surface area (Å²) in [6, 6.07) is 3.04. The molecule has 0 amide bonds. The first-order chi connectivity index (χ1) is 9.75. The third-order valence-corrected chi connectivity index (χ3v) is 3.11. The fourth-order valence-corrected chi connectivity index (χ4v) is 1.95. The number of pyridine rings is 1. The molecule has 1 aliphatic heterocycles. The molecular formula is C13H19N3O4. The first-order valence-electron chi connectivity index (χ1n) is 6.75. The molecule has 0 aromatic carbocycles. The lowest BCUT2D eigenvalue weighted by atomic mass is 10.1. The first-order valence-corrected chi connectivity index (χ1v) is 6.75. The molecule has 1 aromatic rings. The fraction of sp³-hybridized carbons (Fsp3) is 0.615. The van der Waals surface area contributed by atoms with Crippen molar-refractivity contribution in [3.63, 3.8) is 0 Å². The van der Waals surface area contributed by atoms with E-state index in [1.807, 2.05) is 0 Å². The molecule has 1 N–H and O–H groups in total. The maximum atomic E-state index is 10.5. The standard InChI is InChI=1S/C13H19N3O4/c17-16(18)12-2-3-13(15-8-12)14-5-1-6-19-9-11-4-7-20-10-11/h2-3,8,11H,1,4-7,9-10H2,(H,14,15)/t11-/m1/s1. The molecule has 1 fully saturated rings. The van der Waals surface area contributed by atoms with E-state index in [1.165, 1.54) is 12.3 Å². The molecule has 0 saturated carbocycles. The van der Waals surface area contributed by atoms with Crippen molar-refractivity contribution in [3.8, 4) is 0 Å². The van der Waals surface area contributed by atoms with Gasteiger partial charge in [-0.25, -0.2) is 4.98 Å². The van der Waals surface area contributed by atoms with E-state index < -0.39 is 4.92 Å². The van der Waals surface area contributed by atoms with E-state index in [0.29, 0.717) is 18.3 Å². The molecule has 0 radical (unpaired) electrons. The fourth-order valence-electron chi connectivity index (χ4n) is 1.95. The van der Waals surface area contributed by atoms with E-state index in [1.54, 1.807) is 6.07 Å². The van der Waals surface area contributed by atoms with Crippen molar-refractivity contribution in [2.24, 2.45) is 5.92 Å². The van der Waals surface area contributed by atoms with Crippen LogP contribution in [0.4, 0.5) is 11.5 Å². The van der Waals surface area contributed by atoms with Crippen LogP contribution in [0.25, 0.3) is 0 Å². The predicted molar refractivity (Wildman–Crippen MR) is 73.7 cm³/mol. The van der Waals surface area contributed by atoms with E-state index in [9.17, 15) is 10.1 Å². The van der Waals surface area contributed by atoms with E-state index in [4.69, 9.17) is 9.47 Å². The lowest BCUT2D eigenvalue weighted by molar-refractivity contribution is -0.385. The van der Waals surface area contributed by atoms with Crippen molar-refractivity contribution >= 4 is 11.5 Å². The van der Waals surface area contributed by atoms with Gasteiger partial charge in [-0.3, -0.25) is 10.1 Å². The number of hydrogen-bond donors (Lipinski definition) is 1. The van der Waals surface area contributed by atoms with Crippen LogP contribution in [-0.4, -0.2) is 42.9 Å². The molecule has 7 heteroatoms. The minimum Gasteiger partial charge on any atom is -0.381 e. The summed E-state index contributed by atoms with van der Waals surface area (Å²) in [5.41, 5.74) is -0.00216. The summed E-state index contributed by atoms with van der Waals surface area (Å²) in [6.07, 6.45) is 3.20. The van der Waals surface area contributed by atoms with Gasteiger partial charge >= 0.3 is 0 Å². The number of nitrogens with zero attached hydrogens (tertiary/aromatic N) is 2. The predicted octanol–water partition coefficient (Wildman–Crippen LogP) is 1.84. The maximum Gasteiger partial charge on any atom is 0.287 e. The van der Waals surface area contributed by atoms with Crippen molar-refractivity contribution < 1.29 is 14.4 Å². The Hall–Kier alpha value is -1.73. The van der Waals surface area contributed by atoms with Gasteiger partial charge in [0.15, 0.2) is 0 Å².